The van der Waals surface area contributed by atoms with Gasteiger partial charge in [0.05, 0.1) is 24.7 Å². The van der Waals surface area contributed by atoms with Crippen molar-refractivity contribution in [2.45, 2.75) is 43.7 Å². The summed E-state index contributed by atoms with van der Waals surface area (Å²) in [5.41, 5.74) is 3.47. The number of hydrogen-bond acceptors (Lipinski definition) is 9. The molecule has 13 nitrogen and oxygen atoms in total. The maximum Gasteiger partial charge on any atom is 0.408 e. The summed E-state index contributed by atoms with van der Waals surface area (Å²) in [7, 11) is 0. The number of aliphatic hydroxyl groups excluding tert-OH is 1. The molecule has 4 fully saturated rings. The van der Waals surface area contributed by atoms with Crippen molar-refractivity contribution in [3.05, 3.63) is 147 Å². The Morgan fingerprint density at radius 1 is 0.842 bits per heavy atom. The van der Waals surface area contributed by atoms with Gasteiger partial charge in [-0.25, -0.2) is 4.79 Å². The van der Waals surface area contributed by atoms with Crippen LogP contribution in [0.1, 0.15) is 61.9 Å². The monoisotopic (exact) mass is 770 g/mol. The number of aromatic nitrogens is 1. The molecule has 5 heterocycles. The van der Waals surface area contributed by atoms with Gasteiger partial charge in [-0.3, -0.25) is 19.3 Å². The summed E-state index contributed by atoms with van der Waals surface area (Å²) < 4.78 is 5.94. The molecule has 13 heteroatoms. The molecule has 294 valence electrons. The fraction of sp³-hybridized carbons (Fsp3) is 0.318. The summed E-state index contributed by atoms with van der Waals surface area (Å²) >= 11 is 0. The van der Waals surface area contributed by atoms with E-state index in [2.05, 4.69) is 25.8 Å². The number of phenols is 1. The molecule has 3 amide bonds. The van der Waals surface area contributed by atoms with Gasteiger partial charge in [-0.2, -0.15) is 0 Å². The SMILES string of the molecule is O=C(NC1(c2ccccc2)CN(C(=O)c2ccc(C(=O)NCc3ccc(CNC[C@H](O)c4ccc(O)c5[nH]c(=O)ccc45)cc3)cc2)C1)O[C@H]1CN2CCC1CC2. The second-order valence-corrected chi connectivity index (χ2v) is 15.3. The number of benzene rings is 4. The van der Waals surface area contributed by atoms with E-state index < -0.39 is 17.7 Å². The fourth-order valence-electron chi connectivity index (χ4n) is 8.27. The van der Waals surface area contributed by atoms with Crippen LogP contribution in [-0.2, 0) is 23.4 Å². The molecule has 0 unspecified atom stereocenters. The largest absolute Gasteiger partial charge is 0.506 e. The Bertz CT molecular complexity index is 2300. The first-order chi connectivity index (χ1) is 27.6. The van der Waals surface area contributed by atoms with Crippen LogP contribution in [0.25, 0.3) is 10.9 Å². The highest BCUT2D eigenvalue weighted by atomic mass is 16.6. The van der Waals surface area contributed by atoms with Crippen molar-refractivity contribution >= 4 is 28.8 Å². The number of aromatic amines is 1. The van der Waals surface area contributed by atoms with Crippen molar-refractivity contribution in [1.82, 2.24) is 30.7 Å². The molecule has 0 saturated carbocycles. The van der Waals surface area contributed by atoms with E-state index in [1.54, 1.807) is 41.3 Å². The van der Waals surface area contributed by atoms with Gasteiger partial charge >= 0.3 is 6.09 Å². The highest BCUT2D eigenvalue weighted by molar-refractivity contribution is 5.98. The first-order valence-corrected chi connectivity index (χ1v) is 19.4. The van der Waals surface area contributed by atoms with Gasteiger partial charge in [-0.15, -0.1) is 0 Å². The van der Waals surface area contributed by atoms with Crippen LogP contribution in [-0.4, -0.2) is 88.3 Å². The molecule has 4 aliphatic rings. The number of hydrogen-bond donors (Lipinski definition) is 6. The topological polar surface area (TPSA) is 176 Å². The Kier molecular flexibility index (Phi) is 10.8. The number of rotatable bonds is 12. The van der Waals surface area contributed by atoms with Crippen LogP contribution >= 0.6 is 0 Å². The fourth-order valence-corrected chi connectivity index (χ4v) is 8.27. The van der Waals surface area contributed by atoms with Crippen molar-refractivity contribution in [1.29, 1.82) is 0 Å². The zero-order chi connectivity index (χ0) is 39.5. The number of carbonyl (C=O) groups is 3. The zero-order valence-electron chi connectivity index (χ0n) is 31.4. The van der Waals surface area contributed by atoms with Crippen molar-refractivity contribution < 1.29 is 29.3 Å². The normalized spacial score (nSPS) is 20.0. The van der Waals surface area contributed by atoms with Crippen LogP contribution in [0.4, 0.5) is 4.79 Å². The maximum absolute atomic E-state index is 13.5. The number of likely N-dealkylation sites (tertiary alicyclic amines) is 1. The van der Waals surface area contributed by atoms with E-state index in [0.717, 1.165) is 49.2 Å². The van der Waals surface area contributed by atoms with Crippen molar-refractivity contribution in [3.8, 4) is 5.75 Å². The predicted molar refractivity (Wildman–Crippen MR) is 214 cm³/mol. The molecule has 0 aliphatic carbocycles. The van der Waals surface area contributed by atoms with Gasteiger partial charge in [0, 0.05) is 48.8 Å². The third-order valence-electron chi connectivity index (χ3n) is 11.5. The number of piperidine rings is 3. The lowest BCUT2D eigenvalue weighted by atomic mass is 9.82. The van der Waals surface area contributed by atoms with Crippen LogP contribution in [0.2, 0.25) is 0 Å². The summed E-state index contributed by atoms with van der Waals surface area (Å²) in [6.45, 7) is 4.54. The molecule has 57 heavy (non-hydrogen) atoms. The highest BCUT2D eigenvalue weighted by Crippen LogP contribution is 2.35. The summed E-state index contributed by atoms with van der Waals surface area (Å²) in [6, 6.07) is 30.0. The molecule has 9 rings (SSSR count). The molecule has 4 aromatic carbocycles. The number of aromatic hydroxyl groups is 1. The highest BCUT2D eigenvalue weighted by Gasteiger charge is 2.49. The third-order valence-corrected chi connectivity index (χ3v) is 11.5. The van der Waals surface area contributed by atoms with Crippen molar-refractivity contribution in [3.63, 3.8) is 0 Å². The number of aliphatic hydroxyl groups is 1. The molecular formula is C44H46N6O7. The van der Waals surface area contributed by atoms with Gasteiger partial charge in [0.2, 0.25) is 5.56 Å². The molecule has 0 radical (unpaired) electrons. The minimum absolute atomic E-state index is 0.0590. The van der Waals surface area contributed by atoms with Gasteiger partial charge in [0.1, 0.15) is 17.4 Å². The van der Waals surface area contributed by atoms with E-state index in [4.69, 9.17) is 4.74 Å². The Hall–Kier alpha value is -6.02. The van der Waals surface area contributed by atoms with E-state index in [1.165, 1.54) is 12.1 Å². The second kappa shape index (κ2) is 16.2. The number of nitrogens with zero attached hydrogens (tertiary/aromatic N) is 2. The van der Waals surface area contributed by atoms with Gasteiger partial charge < -0.3 is 40.8 Å². The summed E-state index contributed by atoms with van der Waals surface area (Å²) in [5, 5.41) is 30.8. The molecule has 4 aliphatic heterocycles. The molecule has 4 saturated heterocycles. The molecule has 5 aromatic rings. The number of alkyl carbamates (subject to hydrolysis) is 1. The van der Waals surface area contributed by atoms with Gasteiger partial charge in [0.15, 0.2) is 0 Å². The van der Waals surface area contributed by atoms with E-state index in [9.17, 15) is 29.4 Å². The summed E-state index contributed by atoms with van der Waals surface area (Å²) in [4.78, 5) is 58.1. The minimum atomic E-state index is -0.866. The van der Waals surface area contributed by atoms with Crippen LogP contribution < -0.4 is 21.5 Å². The Morgan fingerprint density at radius 3 is 2.21 bits per heavy atom. The lowest BCUT2D eigenvalue weighted by Crippen LogP contribution is -2.69. The summed E-state index contributed by atoms with van der Waals surface area (Å²) in [5.74, 6) is -0.116. The first kappa shape index (κ1) is 37.9. The Balaban J connectivity index is 0.804. The second-order valence-electron chi connectivity index (χ2n) is 15.3. The average molecular weight is 771 g/mol. The van der Waals surface area contributed by atoms with Gasteiger partial charge in [-0.05, 0) is 90.5 Å². The molecule has 2 atom stereocenters. The predicted octanol–water partition coefficient (Wildman–Crippen LogP) is 4.16. The van der Waals surface area contributed by atoms with Crippen molar-refractivity contribution in [2.75, 3.05) is 39.3 Å². The zero-order valence-corrected chi connectivity index (χ0v) is 31.4. The quantitative estimate of drug-likeness (QED) is 0.109. The number of ether oxygens (including phenoxy) is 1. The van der Waals surface area contributed by atoms with E-state index in [-0.39, 0.29) is 41.3 Å². The van der Waals surface area contributed by atoms with Gasteiger partial charge in [0.25, 0.3) is 11.8 Å². The number of H-pyrrole nitrogens is 1. The van der Waals surface area contributed by atoms with Crippen LogP contribution in [0.15, 0.2) is 108 Å². The Labute approximate surface area is 329 Å². The maximum atomic E-state index is 13.5. The molecule has 0 spiro atoms. The van der Waals surface area contributed by atoms with Gasteiger partial charge in [-0.1, -0.05) is 60.7 Å². The number of phenolic OH excluding ortho intramolecular Hbond substituents is 1. The molecule has 6 N–H and O–H groups in total. The lowest BCUT2D eigenvalue weighted by molar-refractivity contribution is -0.0404. The minimum Gasteiger partial charge on any atom is -0.506 e. The molecule has 1 aromatic heterocycles. The van der Waals surface area contributed by atoms with E-state index in [0.29, 0.717) is 54.2 Å². The molecular weight excluding hydrogens is 725 g/mol. The van der Waals surface area contributed by atoms with E-state index >= 15 is 0 Å². The van der Waals surface area contributed by atoms with Crippen LogP contribution in [0.3, 0.4) is 0 Å². The first-order valence-electron chi connectivity index (χ1n) is 19.4. The Morgan fingerprint density at radius 2 is 1.53 bits per heavy atom. The van der Waals surface area contributed by atoms with Crippen molar-refractivity contribution in [2.24, 2.45) is 5.92 Å². The summed E-state index contributed by atoms with van der Waals surface area (Å²) in [6.07, 6.45) is 0.648. The average Bonchev–Trinajstić information content (AvgIpc) is 3.22. The number of amides is 3. The van der Waals surface area contributed by atoms with Crippen LogP contribution in [0.5, 0.6) is 5.75 Å². The molecule has 2 bridgehead atoms. The number of fused-ring (bicyclic) bond motifs is 4. The number of pyridine rings is 1. The number of carbonyl (C=O) groups excluding carboxylic acids is 3. The standard InChI is InChI=1S/C44H46N6O7/c51-36-16-14-34(35-15-17-39(53)47-40(35)36)37(52)24-45-22-28-6-8-29(9-7-28)23-46-41(54)31-10-12-32(13-11-31)42(55)50-26-44(27-50,33-4-2-1-3-5-33)48-43(56)57-38-25-49-20-18-30(38)19-21-49/h1-17,30,37-38,45,51-52H,18-27H2,(H,46,54)(H,47,53)(H,48,56)/t37-,38-/m0/s1. The number of nitrogens with one attached hydrogen (secondary N) is 4. The third kappa shape index (κ3) is 8.27. The van der Waals surface area contributed by atoms with Crippen LogP contribution in [0, 0.1) is 5.92 Å². The lowest BCUT2D eigenvalue weighted by Gasteiger charge is -2.51. The van der Waals surface area contributed by atoms with E-state index in [1.807, 2.05) is 54.6 Å². The smallest absolute Gasteiger partial charge is 0.408 e.